The summed E-state index contributed by atoms with van der Waals surface area (Å²) in [5, 5.41) is 2.91. The lowest BCUT2D eigenvalue weighted by molar-refractivity contribution is -0.116. The molecule has 0 radical (unpaired) electrons. The van der Waals surface area contributed by atoms with Crippen LogP contribution in [0.25, 0.3) is 0 Å². The predicted molar refractivity (Wildman–Crippen MR) is 34.5 cm³/mol. The van der Waals surface area contributed by atoms with Crippen molar-refractivity contribution in [3.8, 4) is 0 Å². The fourth-order valence-electron chi connectivity index (χ4n) is 0.692. The molecule has 0 aromatic carbocycles. The Morgan fingerprint density at radius 2 is 2.44 bits per heavy atom. The zero-order valence-corrected chi connectivity index (χ0v) is 5.59. The van der Waals surface area contributed by atoms with Gasteiger partial charge < -0.3 is 10.2 Å². The molecular weight excluding hydrogens is 116 g/mol. The summed E-state index contributed by atoms with van der Waals surface area (Å²) in [6.45, 7) is 1.82. The molecule has 0 saturated carbocycles. The van der Waals surface area contributed by atoms with Crippen LogP contribution in [0.5, 0.6) is 0 Å². The molecule has 1 unspecified atom stereocenters. The lowest BCUT2D eigenvalue weighted by atomic mass is 10.2. The van der Waals surface area contributed by atoms with Crippen LogP contribution in [0.2, 0.25) is 0 Å². The number of hydrogen-bond donors (Lipinski definition) is 1. The Balaban J connectivity index is 2.73. The lowest BCUT2D eigenvalue weighted by Gasteiger charge is -2.26. The SMILES string of the molecule is CN1C=CNC1(C)C=O. The molecule has 0 aromatic heterocycles. The number of hydrogen-bond acceptors (Lipinski definition) is 3. The van der Waals surface area contributed by atoms with Crippen LogP contribution < -0.4 is 5.32 Å². The first-order chi connectivity index (χ1) is 4.19. The highest BCUT2D eigenvalue weighted by Crippen LogP contribution is 2.10. The molecule has 0 aliphatic carbocycles. The molecule has 50 valence electrons. The molecule has 1 heterocycles. The summed E-state index contributed by atoms with van der Waals surface area (Å²) in [7, 11) is 1.85. The number of aldehydes is 1. The highest BCUT2D eigenvalue weighted by atomic mass is 16.1. The third-order valence-electron chi connectivity index (χ3n) is 1.64. The van der Waals surface area contributed by atoms with E-state index < -0.39 is 5.66 Å². The molecule has 3 heteroatoms. The first kappa shape index (κ1) is 6.13. The summed E-state index contributed by atoms with van der Waals surface area (Å²) in [6.07, 6.45) is 4.47. The number of carbonyl (C=O) groups excluding carboxylic acids is 1. The molecule has 1 aliphatic heterocycles. The first-order valence-corrected chi connectivity index (χ1v) is 2.83. The van der Waals surface area contributed by atoms with E-state index in [0.717, 1.165) is 6.29 Å². The van der Waals surface area contributed by atoms with E-state index in [1.165, 1.54) is 0 Å². The Labute approximate surface area is 54.3 Å². The van der Waals surface area contributed by atoms with Crippen molar-refractivity contribution in [2.24, 2.45) is 0 Å². The fourth-order valence-corrected chi connectivity index (χ4v) is 0.692. The molecule has 9 heavy (non-hydrogen) atoms. The van der Waals surface area contributed by atoms with E-state index in [0.29, 0.717) is 0 Å². The van der Waals surface area contributed by atoms with E-state index >= 15 is 0 Å². The Hall–Kier alpha value is -0.990. The summed E-state index contributed by atoms with van der Waals surface area (Å²) in [4.78, 5) is 12.2. The molecule has 1 rings (SSSR count). The van der Waals surface area contributed by atoms with Gasteiger partial charge in [0.05, 0.1) is 0 Å². The minimum Gasteiger partial charge on any atom is -0.362 e. The average molecular weight is 126 g/mol. The Morgan fingerprint density at radius 3 is 2.67 bits per heavy atom. The molecule has 0 aromatic rings. The van der Waals surface area contributed by atoms with Gasteiger partial charge in [0.1, 0.15) is 0 Å². The van der Waals surface area contributed by atoms with Crippen LogP contribution in [0, 0.1) is 0 Å². The number of nitrogens with zero attached hydrogens (tertiary/aromatic N) is 1. The van der Waals surface area contributed by atoms with E-state index in [4.69, 9.17) is 0 Å². The van der Waals surface area contributed by atoms with E-state index in [-0.39, 0.29) is 0 Å². The number of likely N-dealkylation sites (N-methyl/N-ethyl adjacent to an activating group) is 1. The Bertz CT molecular complexity index is 155. The maximum absolute atomic E-state index is 10.4. The van der Waals surface area contributed by atoms with E-state index in [2.05, 4.69) is 5.32 Å². The Morgan fingerprint density at radius 1 is 1.78 bits per heavy atom. The van der Waals surface area contributed by atoms with Crippen molar-refractivity contribution in [3.63, 3.8) is 0 Å². The van der Waals surface area contributed by atoms with Crippen LogP contribution in [0.15, 0.2) is 12.4 Å². The molecule has 1 atom stereocenters. The average Bonchev–Trinajstić information content (AvgIpc) is 2.15. The zero-order valence-electron chi connectivity index (χ0n) is 5.59. The van der Waals surface area contributed by atoms with Crippen molar-refractivity contribution >= 4 is 6.29 Å². The normalized spacial score (nSPS) is 32.4. The standard InChI is InChI=1S/C6H10N2O/c1-6(5-9)7-3-4-8(6)2/h3-5,7H,1-2H3. The van der Waals surface area contributed by atoms with Crippen LogP contribution in [-0.4, -0.2) is 23.9 Å². The van der Waals surface area contributed by atoms with Gasteiger partial charge in [0, 0.05) is 19.4 Å². The van der Waals surface area contributed by atoms with Gasteiger partial charge in [-0.05, 0) is 6.92 Å². The van der Waals surface area contributed by atoms with Crippen molar-refractivity contribution in [2.45, 2.75) is 12.6 Å². The summed E-state index contributed by atoms with van der Waals surface area (Å²) < 4.78 is 0. The maximum atomic E-state index is 10.4. The van der Waals surface area contributed by atoms with Gasteiger partial charge in [0.25, 0.3) is 0 Å². The summed E-state index contributed by atoms with van der Waals surface area (Å²) in [5.74, 6) is 0. The number of carbonyl (C=O) groups is 1. The van der Waals surface area contributed by atoms with Gasteiger partial charge in [0.15, 0.2) is 11.9 Å². The minimum absolute atomic E-state index is 0.514. The second-order valence-corrected chi connectivity index (χ2v) is 2.34. The number of nitrogens with one attached hydrogen (secondary N) is 1. The fraction of sp³-hybridized carbons (Fsp3) is 0.500. The van der Waals surface area contributed by atoms with Gasteiger partial charge in [0.2, 0.25) is 0 Å². The molecule has 0 amide bonds. The van der Waals surface area contributed by atoms with Crippen molar-refractivity contribution in [2.75, 3.05) is 7.05 Å². The first-order valence-electron chi connectivity index (χ1n) is 2.83. The molecule has 0 bridgehead atoms. The third-order valence-corrected chi connectivity index (χ3v) is 1.64. The van der Waals surface area contributed by atoms with Crippen LogP contribution in [0.4, 0.5) is 0 Å². The molecular formula is C6H10N2O. The summed E-state index contributed by atoms with van der Waals surface area (Å²) >= 11 is 0. The van der Waals surface area contributed by atoms with Crippen LogP contribution in [0.3, 0.4) is 0 Å². The zero-order chi connectivity index (χ0) is 6.91. The topological polar surface area (TPSA) is 32.3 Å². The van der Waals surface area contributed by atoms with Gasteiger partial charge in [-0.15, -0.1) is 0 Å². The van der Waals surface area contributed by atoms with Crippen LogP contribution in [0.1, 0.15) is 6.92 Å². The minimum atomic E-state index is -0.514. The smallest absolute Gasteiger partial charge is 0.165 e. The lowest BCUT2D eigenvalue weighted by Crippen LogP contribution is -2.48. The highest BCUT2D eigenvalue weighted by molar-refractivity contribution is 5.64. The molecule has 0 saturated heterocycles. The molecule has 0 spiro atoms. The largest absolute Gasteiger partial charge is 0.362 e. The molecule has 3 nitrogen and oxygen atoms in total. The highest BCUT2D eigenvalue weighted by Gasteiger charge is 2.28. The van der Waals surface area contributed by atoms with Gasteiger partial charge in [-0.1, -0.05) is 0 Å². The molecule has 1 N–H and O–H groups in total. The van der Waals surface area contributed by atoms with Gasteiger partial charge in [-0.2, -0.15) is 0 Å². The summed E-state index contributed by atoms with van der Waals surface area (Å²) in [5.41, 5.74) is -0.514. The quantitative estimate of drug-likeness (QED) is 0.498. The van der Waals surface area contributed by atoms with Crippen molar-refractivity contribution in [1.82, 2.24) is 10.2 Å². The monoisotopic (exact) mass is 126 g/mol. The summed E-state index contributed by atoms with van der Waals surface area (Å²) in [6, 6.07) is 0. The van der Waals surface area contributed by atoms with E-state index in [9.17, 15) is 4.79 Å². The maximum Gasteiger partial charge on any atom is 0.165 e. The molecule has 0 fully saturated rings. The van der Waals surface area contributed by atoms with Crippen molar-refractivity contribution < 1.29 is 4.79 Å². The second-order valence-electron chi connectivity index (χ2n) is 2.34. The Kier molecular flexibility index (Phi) is 1.20. The van der Waals surface area contributed by atoms with Crippen LogP contribution >= 0.6 is 0 Å². The van der Waals surface area contributed by atoms with Crippen molar-refractivity contribution in [3.05, 3.63) is 12.4 Å². The predicted octanol–water partition coefficient (Wildman–Crippen LogP) is -0.0923. The van der Waals surface area contributed by atoms with Gasteiger partial charge >= 0.3 is 0 Å². The number of rotatable bonds is 1. The van der Waals surface area contributed by atoms with Gasteiger partial charge in [-0.25, -0.2) is 0 Å². The molecule has 1 aliphatic rings. The van der Waals surface area contributed by atoms with E-state index in [1.54, 1.807) is 6.20 Å². The van der Waals surface area contributed by atoms with Gasteiger partial charge in [-0.3, -0.25) is 4.79 Å². The van der Waals surface area contributed by atoms with Crippen LogP contribution in [-0.2, 0) is 4.79 Å². The second kappa shape index (κ2) is 1.76. The van der Waals surface area contributed by atoms with Crippen molar-refractivity contribution in [1.29, 1.82) is 0 Å². The third kappa shape index (κ3) is 0.781. The van der Waals surface area contributed by atoms with E-state index in [1.807, 2.05) is 25.1 Å².